The van der Waals surface area contributed by atoms with E-state index in [-0.39, 0.29) is 12.3 Å². The normalized spacial score (nSPS) is 12.6. The zero-order valence-corrected chi connectivity index (χ0v) is 5.33. The van der Waals surface area contributed by atoms with Gasteiger partial charge >= 0.3 is 5.97 Å². The average molecular weight is 130 g/mol. The fourth-order valence-corrected chi connectivity index (χ4v) is 0.513. The Labute approximate surface area is 53.7 Å². The molecule has 1 atom stereocenters. The smallest absolute Gasteiger partial charge is 0.304 e. The Bertz CT molecular complexity index is 109. The van der Waals surface area contributed by atoms with Crippen molar-refractivity contribution in [2.24, 2.45) is 5.92 Å². The molecule has 0 saturated carbocycles. The minimum Gasteiger partial charge on any atom is -0.481 e. The monoisotopic (exact) mass is 130 g/mol. The molecule has 0 aromatic heterocycles. The van der Waals surface area contributed by atoms with Gasteiger partial charge in [-0.1, -0.05) is 6.92 Å². The maximum Gasteiger partial charge on any atom is 0.304 e. The van der Waals surface area contributed by atoms with Crippen molar-refractivity contribution in [2.75, 3.05) is 0 Å². The van der Waals surface area contributed by atoms with E-state index in [2.05, 4.69) is 0 Å². The fraction of sp³-hybridized carbons (Fsp3) is 0.667. The van der Waals surface area contributed by atoms with Gasteiger partial charge in [-0.3, -0.25) is 4.79 Å². The van der Waals surface area contributed by atoms with Gasteiger partial charge in [-0.15, -0.1) is 0 Å². The summed E-state index contributed by atoms with van der Waals surface area (Å²) in [5, 5.41) is 8.19. The highest BCUT2D eigenvalue weighted by Gasteiger charge is 2.08. The maximum absolute atomic E-state index is 10.0. The third kappa shape index (κ3) is 3.70. The Hall–Kier alpha value is -0.860. The van der Waals surface area contributed by atoms with Crippen LogP contribution in [0.1, 0.15) is 19.8 Å². The standard InChI is InChI=1S/C6H10O3/c1-2-5(4-7)3-6(8)9/h4-5H,2-3H2,1H3,(H,8,9). The van der Waals surface area contributed by atoms with Gasteiger partial charge in [0.25, 0.3) is 0 Å². The Morgan fingerprint density at radius 2 is 2.33 bits per heavy atom. The van der Waals surface area contributed by atoms with Crippen molar-refractivity contribution < 1.29 is 14.7 Å². The lowest BCUT2D eigenvalue weighted by Gasteiger charge is -1.99. The van der Waals surface area contributed by atoms with Gasteiger partial charge in [0.2, 0.25) is 0 Å². The summed E-state index contributed by atoms with van der Waals surface area (Å²) in [6.07, 6.45) is 1.25. The minimum absolute atomic E-state index is 0.0417. The number of aldehydes is 1. The van der Waals surface area contributed by atoms with Crippen molar-refractivity contribution in [1.29, 1.82) is 0 Å². The molecule has 0 amide bonds. The van der Waals surface area contributed by atoms with E-state index in [0.717, 1.165) is 0 Å². The predicted octanol–water partition coefficient (Wildman–Crippen LogP) is 0.686. The van der Waals surface area contributed by atoms with Crippen LogP contribution in [0.25, 0.3) is 0 Å². The number of hydrogen-bond acceptors (Lipinski definition) is 2. The van der Waals surface area contributed by atoms with Crippen LogP contribution in [0.3, 0.4) is 0 Å². The van der Waals surface area contributed by atoms with Crippen molar-refractivity contribution in [2.45, 2.75) is 19.8 Å². The first kappa shape index (κ1) is 8.14. The van der Waals surface area contributed by atoms with Crippen LogP contribution in [0.4, 0.5) is 0 Å². The highest BCUT2D eigenvalue weighted by molar-refractivity contribution is 5.71. The van der Waals surface area contributed by atoms with Crippen LogP contribution < -0.4 is 0 Å². The second kappa shape index (κ2) is 4.06. The van der Waals surface area contributed by atoms with Crippen LogP contribution in [-0.4, -0.2) is 17.4 Å². The summed E-state index contributed by atoms with van der Waals surface area (Å²) >= 11 is 0. The van der Waals surface area contributed by atoms with Crippen LogP contribution >= 0.6 is 0 Å². The maximum atomic E-state index is 10.0. The Balaban J connectivity index is 3.55. The van der Waals surface area contributed by atoms with Crippen LogP contribution in [0, 0.1) is 5.92 Å². The van der Waals surface area contributed by atoms with E-state index in [1.165, 1.54) is 0 Å². The summed E-state index contributed by atoms with van der Waals surface area (Å²) in [5.74, 6) is -1.21. The first-order valence-corrected chi connectivity index (χ1v) is 2.87. The largest absolute Gasteiger partial charge is 0.481 e. The molecule has 0 aromatic carbocycles. The van der Waals surface area contributed by atoms with Crippen LogP contribution in [0.15, 0.2) is 0 Å². The van der Waals surface area contributed by atoms with Crippen molar-refractivity contribution in [3.63, 3.8) is 0 Å². The molecule has 0 aliphatic heterocycles. The molecule has 0 heterocycles. The van der Waals surface area contributed by atoms with Crippen molar-refractivity contribution in [3.05, 3.63) is 0 Å². The van der Waals surface area contributed by atoms with Crippen LogP contribution in [-0.2, 0) is 9.59 Å². The van der Waals surface area contributed by atoms with Gasteiger partial charge in [0.1, 0.15) is 6.29 Å². The summed E-state index contributed by atoms with van der Waals surface area (Å²) < 4.78 is 0. The van der Waals surface area contributed by atoms with E-state index < -0.39 is 5.97 Å². The molecule has 0 aromatic rings. The molecular weight excluding hydrogens is 120 g/mol. The summed E-state index contributed by atoms with van der Waals surface area (Å²) in [5.41, 5.74) is 0. The Morgan fingerprint density at radius 3 is 2.44 bits per heavy atom. The van der Waals surface area contributed by atoms with E-state index in [1.807, 2.05) is 0 Å². The average Bonchev–Trinajstić information content (AvgIpc) is 1.82. The quantitative estimate of drug-likeness (QED) is 0.569. The lowest BCUT2D eigenvalue weighted by Crippen LogP contribution is -2.07. The zero-order chi connectivity index (χ0) is 7.28. The molecule has 3 nitrogen and oxygen atoms in total. The zero-order valence-electron chi connectivity index (χ0n) is 5.33. The van der Waals surface area contributed by atoms with E-state index >= 15 is 0 Å². The second-order valence-corrected chi connectivity index (χ2v) is 1.90. The third-order valence-electron chi connectivity index (χ3n) is 1.15. The minimum atomic E-state index is -0.908. The molecule has 0 saturated heterocycles. The number of carboxylic acid groups (broad SMARTS) is 1. The van der Waals surface area contributed by atoms with Gasteiger partial charge in [0.05, 0.1) is 6.42 Å². The molecule has 0 aliphatic carbocycles. The second-order valence-electron chi connectivity index (χ2n) is 1.90. The first-order valence-electron chi connectivity index (χ1n) is 2.87. The fourth-order valence-electron chi connectivity index (χ4n) is 0.513. The van der Waals surface area contributed by atoms with Gasteiger partial charge in [-0.2, -0.15) is 0 Å². The summed E-state index contributed by atoms with van der Waals surface area (Å²) in [4.78, 5) is 20.0. The Kier molecular flexibility index (Phi) is 3.67. The lowest BCUT2D eigenvalue weighted by molar-refractivity contribution is -0.139. The van der Waals surface area contributed by atoms with Gasteiger partial charge in [-0.05, 0) is 6.42 Å². The molecule has 0 bridgehead atoms. The van der Waals surface area contributed by atoms with Crippen molar-refractivity contribution in [1.82, 2.24) is 0 Å². The number of carboxylic acids is 1. The molecule has 3 heteroatoms. The highest BCUT2D eigenvalue weighted by Crippen LogP contribution is 2.02. The van der Waals surface area contributed by atoms with E-state index in [9.17, 15) is 9.59 Å². The summed E-state index contributed by atoms with van der Waals surface area (Å²) in [7, 11) is 0. The molecule has 0 fully saturated rings. The van der Waals surface area contributed by atoms with E-state index in [4.69, 9.17) is 5.11 Å². The van der Waals surface area contributed by atoms with E-state index in [0.29, 0.717) is 12.7 Å². The predicted molar refractivity (Wildman–Crippen MR) is 32.1 cm³/mol. The molecule has 1 unspecified atom stereocenters. The number of rotatable bonds is 4. The van der Waals surface area contributed by atoms with Gasteiger partial charge in [0, 0.05) is 5.92 Å². The molecule has 0 spiro atoms. The van der Waals surface area contributed by atoms with Crippen molar-refractivity contribution >= 4 is 12.3 Å². The Morgan fingerprint density at radius 1 is 1.78 bits per heavy atom. The topological polar surface area (TPSA) is 54.4 Å². The number of carbonyl (C=O) groups excluding carboxylic acids is 1. The summed E-state index contributed by atoms with van der Waals surface area (Å²) in [6, 6.07) is 0. The number of carbonyl (C=O) groups is 2. The molecule has 9 heavy (non-hydrogen) atoms. The molecule has 0 rings (SSSR count). The van der Waals surface area contributed by atoms with Crippen molar-refractivity contribution in [3.8, 4) is 0 Å². The third-order valence-corrected chi connectivity index (χ3v) is 1.15. The SMILES string of the molecule is CCC(C=O)CC(=O)O. The molecule has 52 valence electrons. The molecule has 1 N–H and O–H groups in total. The number of hydrogen-bond donors (Lipinski definition) is 1. The van der Waals surface area contributed by atoms with Crippen LogP contribution in [0.2, 0.25) is 0 Å². The lowest BCUT2D eigenvalue weighted by atomic mass is 10.1. The first-order chi connectivity index (χ1) is 4.20. The molecular formula is C6H10O3. The summed E-state index contributed by atoms with van der Waals surface area (Å²) in [6.45, 7) is 1.79. The van der Waals surface area contributed by atoms with Gasteiger partial charge < -0.3 is 9.90 Å². The van der Waals surface area contributed by atoms with E-state index in [1.54, 1.807) is 6.92 Å². The highest BCUT2D eigenvalue weighted by atomic mass is 16.4. The van der Waals surface area contributed by atoms with Gasteiger partial charge in [-0.25, -0.2) is 0 Å². The van der Waals surface area contributed by atoms with Gasteiger partial charge in [0.15, 0.2) is 0 Å². The molecule has 0 radical (unpaired) electrons. The number of aliphatic carboxylic acids is 1. The molecule has 0 aliphatic rings. The van der Waals surface area contributed by atoms with Crippen LogP contribution in [0.5, 0.6) is 0 Å².